The second kappa shape index (κ2) is 6.79. The highest BCUT2D eigenvalue weighted by atomic mass is 35.5. The minimum absolute atomic E-state index is 0.0709. The molecule has 2 aliphatic rings. The maximum Gasteiger partial charge on any atom is 0.271 e. The van der Waals surface area contributed by atoms with E-state index in [2.05, 4.69) is 10.1 Å². The summed E-state index contributed by atoms with van der Waals surface area (Å²) in [5.41, 5.74) is 0.271. The lowest BCUT2D eigenvalue weighted by atomic mass is 9.94. The number of nitrogens with one attached hydrogen (secondary N) is 1. The van der Waals surface area contributed by atoms with Gasteiger partial charge in [0.05, 0.1) is 27.5 Å². The fourth-order valence-electron chi connectivity index (χ4n) is 3.86. The van der Waals surface area contributed by atoms with Gasteiger partial charge in [-0.25, -0.2) is 9.38 Å². The molecule has 0 spiro atoms. The van der Waals surface area contributed by atoms with Crippen LogP contribution in [0.15, 0.2) is 28.0 Å². The minimum Gasteiger partial charge on any atom is -0.375 e. The quantitative estimate of drug-likeness (QED) is 0.760. The lowest BCUT2D eigenvalue weighted by Crippen LogP contribution is -2.35. The molecule has 1 aromatic heterocycles. The first kappa shape index (κ1) is 18.8. The lowest BCUT2D eigenvalue weighted by Gasteiger charge is -2.36. The van der Waals surface area contributed by atoms with E-state index in [4.69, 9.17) is 16.3 Å². The molecule has 5 nitrogen and oxygen atoms in total. The van der Waals surface area contributed by atoms with Crippen molar-refractivity contribution in [3.05, 3.63) is 50.5 Å². The zero-order valence-corrected chi connectivity index (χ0v) is 17.0. The van der Waals surface area contributed by atoms with Crippen LogP contribution in [0.1, 0.15) is 56.0 Å². The van der Waals surface area contributed by atoms with Crippen LogP contribution in [0.5, 0.6) is 0 Å². The van der Waals surface area contributed by atoms with E-state index in [1.165, 1.54) is 17.8 Å². The van der Waals surface area contributed by atoms with Crippen molar-refractivity contribution in [1.29, 1.82) is 0 Å². The predicted molar refractivity (Wildman–Crippen MR) is 107 cm³/mol. The lowest BCUT2D eigenvalue weighted by molar-refractivity contribution is -0.0705. The number of hydrogen-bond acceptors (Lipinski definition) is 4. The topological polar surface area (TPSA) is 59.4 Å². The second-order valence-corrected chi connectivity index (χ2v) is 9.27. The van der Waals surface area contributed by atoms with E-state index in [1.54, 1.807) is 12.1 Å². The van der Waals surface area contributed by atoms with Gasteiger partial charge in [0.2, 0.25) is 0 Å². The average molecular weight is 410 g/mol. The number of ether oxygens (including phenoxy) is 1. The standard InChI is InChI=1S/C19H21ClFN3O2S/c1-10-22-17-15(16(27-10)14-12(20)5-4-6-13(14)21)18(25)23-24(17)11-7-8-26-19(2,3)9-11/h4-6,11,16H,7-9H2,1-3H3,(H,23,25)/t11-,16-/m0/s1. The molecule has 27 heavy (non-hydrogen) atoms. The molecule has 1 saturated heterocycles. The minimum atomic E-state index is -0.524. The molecule has 0 unspecified atom stereocenters. The van der Waals surface area contributed by atoms with Crippen molar-refractivity contribution < 1.29 is 9.13 Å². The third-order valence-electron chi connectivity index (χ3n) is 5.05. The molecule has 1 N–H and O–H groups in total. The molecule has 0 aliphatic carbocycles. The number of aliphatic imine (C=N–C) groups is 1. The smallest absolute Gasteiger partial charge is 0.271 e. The second-order valence-electron chi connectivity index (χ2n) is 7.57. The van der Waals surface area contributed by atoms with Crippen LogP contribution in [0.4, 0.5) is 10.2 Å². The van der Waals surface area contributed by atoms with Crippen molar-refractivity contribution >= 4 is 34.2 Å². The summed E-state index contributed by atoms with van der Waals surface area (Å²) < 4.78 is 22.2. The Kier molecular flexibility index (Phi) is 4.72. The van der Waals surface area contributed by atoms with E-state index in [9.17, 15) is 9.18 Å². The van der Waals surface area contributed by atoms with Crippen LogP contribution >= 0.6 is 23.4 Å². The third-order valence-corrected chi connectivity index (χ3v) is 6.52. The maximum absolute atomic E-state index is 14.6. The van der Waals surface area contributed by atoms with Gasteiger partial charge < -0.3 is 4.74 Å². The number of thioether (sulfide) groups is 1. The highest BCUT2D eigenvalue weighted by Crippen LogP contribution is 2.47. The SMILES string of the molecule is CC1=Nc2c(c(=O)[nH]n2[C@H]2CCOC(C)(C)C2)[C@H](c2c(F)cccc2Cl)S1. The Morgan fingerprint density at radius 3 is 2.89 bits per heavy atom. The van der Waals surface area contributed by atoms with Gasteiger partial charge in [0.15, 0.2) is 5.82 Å². The summed E-state index contributed by atoms with van der Waals surface area (Å²) in [6.07, 6.45) is 1.55. The van der Waals surface area contributed by atoms with Crippen LogP contribution < -0.4 is 5.56 Å². The zero-order valence-electron chi connectivity index (χ0n) is 15.4. The van der Waals surface area contributed by atoms with Crippen molar-refractivity contribution in [3.63, 3.8) is 0 Å². The van der Waals surface area contributed by atoms with Gasteiger partial charge in [0, 0.05) is 17.2 Å². The monoisotopic (exact) mass is 409 g/mol. The number of nitrogens with zero attached hydrogens (tertiary/aromatic N) is 2. The number of aromatic amines is 1. The summed E-state index contributed by atoms with van der Waals surface area (Å²) in [4.78, 5) is 17.5. The molecule has 3 heterocycles. The number of halogens is 2. The number of benzene rings is 1. The molecule has 0 saturated carbocycles. The fourth-order valence-corrected chi connectivity index (χ4v) is 5.36. The fraction of sp³-hybridized carbons (Fsp3) is 0.474. The van der Waals surface area contributed by atoms with Crippen molar-refractivity contribution in [2.45, 2.75) is 50.5 Å². The van der Waals surface area contributed by atoms with Crippen LogP contribution in [0.25, 0.3) is 0 Å². The largest absolute Gasteiger partial charge is 0.375 e. The molecular weight excluding hydrogens is 389 g/mol. The molecule has 144 valence electrons. The zero-order chi connectivity index (χ0) is 19.3. The van der Waals surface area contributed by atoms with Gasteiger partial charge in [0.1, 0.15) is 5.82 Å². The molecule has 8 heteroatoms. The van der Waals surface area contributed by atoms with Crippen molar-refractivity contribution in [2.24, 2.45) is 4.99 Å². The number of rotatable bonds is 2. The van der Waals surface area contributed by atoms with Gasteiger partial charge in [0.25, 0.3) is 5.56 Å². The molecule has 1 fully saturated rings. The van der Waals surface area contributed by atoms with Gasteiger partial charge in [-0.2, -0.15) is 0 Å². The molecule has 0 radical (unpaired) electrons. The van der Waals surface area contributed by atoms with Crippen LogP contribution in [-0.2, 0) is 4.74 Å². The van der Waals surface area contributed by atoms with Crippen LogP contribution in [0, 0.1) is 5.82 Å². The highest BCUT2D eigenvalue weighted by molar-refractivity contribution is 8.14. The average Bonchev–Trinajstić information content (AvgIpc) is 2.90. The van der Waals surface area contributed by atoms with E-state index >= 15 is 0 Å². The van der Waals surface area contributed by atoms with E-state index in [0.29, 0.717) is 28.6 Å². The summed E-state index contributed by atoms with van der Waals surface area (Å²) in [5, 5.41) is 3.50. The molecular formula is C19H21ClFN3O2S. The van der Waals surface area contributed by atoms with Gasteiger partial charge >= 0.3 is 0 Å². The highest BCUT2D eigenvalue weighted by Gasteiger charge is 2.37. The van der Waals surface area contributed by atoms with Gasteiger partial charge in [-0.1, -0.05) is 29.4 Å². The summed E-state index contributed by atoms with van der Waals surface area (Å²) in [6.45, 7) is 6.57. The van der Waals surface area contributed by atoms with E-state index in [-0.39, 0.29) is 17.2 Å². The first-order valence-corrected chi connectivity index (χ1v) is 10.2. The molecule has 0 bridgehead atoms. The van der Waals surface area contributed by atoms with Gasteiger partial charge in [-0.3, -0.25) is 14.6 Å². The number of fused-ring (bicyclic) bond motifs is 1. The van der Waals surface area contributed by atoms with Gasteiger partial charge in [-0.05, 0) is 45.7 Å². The first-order chi connectivity index (χ1) is 12.8. The summed E-state index contributed by atoms with van der Waals surface area (Å²) in [5.74, 6) is 0.156. The van der Waals surface area contributed by atoms with Crippen LogP contribution in [0.2, 0.25) is 5.02 Å². The number of H-pyrrole nitrogens is 1. The predicted octanol–water partition coefficient (Wildman–Crippen LogP) is 4.99. The molecule has 2 aromatic rings. The maximum atomic E-state index is 14.6. The van der Waals surface area contributed by atoms with Crippen molar-refractivity contribution in [1.82, 2.24) is 9.78 Å². The molecule has 4 rings (SSSR count). The summed E-state index contributed by atoms with van der Waals surface area (Å²) in [7, 11) is 0. The Morgan fingerprint density at radius 1 is 1.41 bits per heavy atom. The molecule has 0 amide bonds. The van der Waals surface area contributed by atoms with Gasteiger partial charge in [-0.15, -0.1) is 0 Å². The first-order valence-electron chi connectivity index (χ1n) is 8.91. The van der Waals surface area contributed by atoms with Crippen LogP contribution in [-0.4, -0.2) is 27.0 Å². The normalized spacial score (nSPS) is 24.4. The Balaban J connectivity index is 1.85. The van der Waals surface area contributed by atoms with Crippen molar-refractivity contribution in [3.8, 4) is 0 Å². The number of aromatic nitrogens is 2. The third kappa shape index (κ3) is 3.37. The Hall–Kier alpha value is -1.57. The molecule has 1 aromatic carbocycles. The Morgan fingerprint density at radius 2 is 2.19 bits per heavy atom. The van der Waals surface area contributed by atoms with Crippen molar-refractivity contribution in [2.75, 3.05) is 6.61 Å². The molecule has 2 atom stereocenters. The van der Waals surface area contributed by atoms with Crippen LogP contribution in [0.3, 0.4) is 0 Å². The number of hydrogen-bond donors (Lipinski definition) is 1. The summed E-state index contributed by atoms with van der Waals surface area (Å²) in [6, 6.07) is 4.65. The Labute approximate surface area is 165 Å². The van der Waals surface area contributed by atoms with E-state index in [1.807, 2.05) is 25.5 Å². The Bertz CT molecular complexity index is 962. The van der Waals surface area contributed by atoms with E-state index in [0.717, 1.165) is 17.9 Å². The van der Waals surface area contributed by atoms with E-state index < -0.39 is 11.1 Å². The summed E-state index contributed by atoms with van der Waals surface area (Å²) >= 11 is 7.65. The molecule has 2 aliphatic heterocycles.